The van der Waals surface area contributed by atoms with Gasteiger partial charge in [0.2, 0.25) is 0 Å². The Morgan fingerprint density at radius 3 is 2.06 bits per heavy atom. The summed E-state index contributed by atoms with van der Waals surface area (Å²) in [5, 5.41) is 8.45. The molecule has 1 aromatic carbocycles. The van der Waals surface area contributed by atoms with E-state index in [0.29, 0.717) is 6.92 Å². The van der Waals surface area contributed by atoms with Crippen LogP contribution in [0.2, 0.25) is 0 Å². The van der Waals surface area contributed by atoms with E-state index in [4.69, 9.17) is 5.26 Å². The van der Waals surface area contributed by atoms with Crippen molar-refractivity contribution >= 4 is 0 Å². The molecule has 1 aromatic rings. The minimum atomic E-state index is -4.98. The summed E-state index contributed by atoms with van der Waals surface area (Å²) in [7, 11) is 0. The van der Waals surface area contributed by atoms with Crippen LogP contribution in [0, 0.1) is 11.3 Å². The average Bonchev–Trinajstić information content (AvgIpc) is 2.29. The molecule has 1 atom stereocenters. The summed E-state index contributed by atoms with van der Waals surface area (Å²) in [6, 6.07) is 5.79. The molecule has 7 heteroatoms. The van der Waals surface area contributed by atoms with Crippen LogP contribution in [0.5, 0.6) is 5.75 Å². The van der Waals surface area contributed by atoms with Crippen LogP contribution in [-0.4, -0.2) is 18.2 Å². The zero-order valence-corrected chi connectivity index (χ0v) is 9.13. The lowest BCUT2D eigenvalue weighted by Crippen LogP contribution is -2.50. The topological polar surface area (TPSA) is 33.0 Å². The first-order chi connectivity index (χ1) is 8.20. The second-order valence-corrected chi connectivity index (χ2v) is 3.49. The van der Waals surface area contributed by atoms with Crippen molar-refractivity contribution in [3.63, 3.8) is 0 Å². The van der Waals surface area contributed by atoms with Gasteiger partial charge in [-0.15, -0.1) is 0 Å². The molecule has 0 amide bonds. The molecule has 1 rings (SSSR count). The molecule has 0 aliphatic rings. The summed E-state index contributed by atoms with van der Waals surface area (Å²) in [6.45, 7) is 0.316. The highest BCUT2D eigenvalue weighted by molar-refractivity contribution is 5.34. The number of halogens is 5. The first-order valence-corrected chi connectivity index (χ1v) is 4.79. The molecular weight excluding hydrogens is 257 g/mol. The largest absolute Gasteiger partial charge is 0.467 e. The van der Waals surface area contributed by atoms with Crippen molar-refractivity contribution in [2.45, 2.75) is 25.1 Å². The molecule has 0 heterocycles. The number of nitriles is 1. The molecular formula is C11H8F5NO. The summed E-state index contributed by atoms with van der Waals surface area (Å²) >= 11 is 0. The maximum absolute atomic E-state index is 13.0. The zero-order valence-electron chi connectivity index (χ0n) is 9.13. The number of alkyl halides is 5. The van der Waals surface area contributed by atoms with Crippen LogP contribution in [-0.2, 0) is 0 Å². The highest BCUT2D eigenvalue weighted by Gasteiger charge is 2.63. The van der Waals surface area contributed by atoms with Gasteiger partial charge in [-0.3, -0.25) is 0 Å². The van der Waals surface area contributed by atoms with E-state index in [1.165, 1.54) is 0 Å². The van der Waals surface area contributed by atoms with E-state index in [-0.39, 0.29) is 5.56 Å². The van der Waals surface area contributed by atoms with Gasteiger partial charge in [0.15, 0.2) is 6.17 Å². The SMILES string of the molecule is CC(F)C(F)(F)C(F)(F)Oc1ccc(C#N)cc1. The molecule has 0 bridgehead atoms. The predicted octanol–water partition coefficient (Wildman–Crippen LogP) is 3.52. The Kier molecular flexibility index (Phi) is 3.79. The number of hydrogen-bond donors (Lipinski definition) is 0. The fraction of sp³-hybridized carbons (Fsp3) is 0.364. The van der Waals surface area contributed by atoms with E-state index in [0.717, 1.165) is 24.3 Å². The second kappa shape index (κ2) is 4.80. The van der Waals surface area contributed by atoms with Gasteiger partial charge in [0.1, 0.15) is 5.75 Å². The molecule has 98 valence electrons. The van der Waals surface area contributed by atoms with Crippen LogP contribution in [0.3, 0.4) is 0 Å². The molecule has 0 radical (unpaired) electrons. The van der Waals surface area contributed by atoms with Crippen molar-refractivity contribution in [3.8, 4) is 11.8 Å². The van der Waals surface area contributed by atoms with Crippen molar-refractivity contribution < 1.29 is 26.7 Å². The lowest BCUT2D eigenvalue weighted by Gasteiger charge is -2.27. The number of rotatable bonds is 4. The van der Waals surface area contributed by atoms with Crippen molar-refractivity contribution in [2.75, 3.05) is 0 Å². The highest BCUT2D eigenvalue weighted by atomic mass is 19.3. The zero-order chi connectivity index (χ0) is 14.0. The smallest absolute Gasteiger partial charge is 0.428 e. The first kappa shape index (κ1) is 14.2. The molecule has 0 saturated carbocycles. The molecule has 0 aliphatic heterocycles. The van der Waals surface area contributed by atoms with Crippen molar-refractivity contribution in [2.24, 2.45) is 0 Å². The molecule has 0 N–H and O–H groups in total. The normalized spacial score (nSPS) is 13.8. The molecule has 0 aromatic heterocycles. The van der Waals surface area contributed by atoms with Crippen LogP contribution in [0.1, 0.15) is 12.5 Å². The maximum Gasteiger partial charge on any atom is 0.467 e. The molecule has 0 fully saturated rings. The lowest BCUT2D eigenvalue weighted by molar-refractivity contribution is -0.325. The molecule has 0 aliphatic carbocycles. The van der Waals surface area contributed by atoms with Crippen molar-refractivity contribution in [1.82, 2.24) is 0 Å². The summed E-state index contributed by atoms with van der Waals surface area (Å²) < 4.78 is 68.0. The Morgan fingerprint density at radius 1 is 1.17 bits per heavy atom. The Balaban J connectivity index is 2.92. The van der Waals surface area contributed by atoms with E-state index >= 15 is 0 Å². The predicted molar refractivity (Wildman–Crippen MR) is 52.2 cm³/mol. The Labute approximate surface area is 99.6 Å². The first-order valence-electron chi connectivity index (χ1n) is 4.79. The Bertz CT molecular complexity index is 449. The van der Waals surface area contributed by atoms with Crippen LogP contribution < -0.4 is 4.74 Å². The number of nitrogens with zero attached hydrogens (tertiary/aromatic N) is 1. The van der Waals surface area contributed by atoms with Gasteiger partial charge in [-0.1, -0.05) is 0 Å². The summed E-state index contributed by atoms with van der Waals surface area (Å²) in [5.74, 6) is -5.53. The standard InChI is InChI=1S/C11H8F5NO/c1-7(12)10(13,14)11(15,16)18-9-4-2-8(6-17)3-5-9/h2-5,7H,1H3. The van der Waals surface area contributed by atoms with E-state index < -0.39 is 24.0 Å². The summed E-state index contributed by atoms with van der Waals surface area (Å²) in [4.78, 5) is 0. The van der Waals surface area contributed by atoms with Gasteiger partial charge in [-0.2, -0.15) is 22.8 Å². The van der Waals surface area contributed by atoms with Crippen LogP contribution in [0.25, 0.3) is 0 Å². The quantitative estimate of drug-likeness (QED) is 0.780. The van der Waals surface area contributed by atoms with E-state index in [1.54, 1.807) is 6.07 Å². The van der Waals surface area contributed by atoms with Gasteiger partial charge in [0.05, 0.1) is 11.6 Å². The van der Waals surface area contributed by atoms with Crippen molar-refractivity contribution in [1.29, 1.82) is 5.26 Å². The number of benzene rings is 1. The van der Waals surface area contributed by atoms with Gasteiger partial charge in [-0.25, -0.2) is 4.39 Å². The summed E-state index contributed by atoms with van der Waals surface area (Å²) in [5.41, 5.74) is 0.149. The van der Waals surface area contributed by atoms with E-state index in [9.17, 15) is 22.0 Å². The Morgan fingerprint density at radius 2 is 1.67 bits per heavy atom. The lowest BCUT2D eigenvalue weighted by atomic mass is 10.2. The minimum absolute atomic E-state index is 0.149. The second-order valence-electron chi connectivity index (χ2n) is 3.49. The third-order valence-corrected chi connectivity index (χ3v) is 2.12. The van der Waals surface area contributed by atoms with Crippen molar-refractivity contribution in [3.05, 3.63) is 29.8 Å². The third kappa shape index (κ3) is 2.70. The fourth-order valence-electron chi connectivity index (χ4n) is 1.05. The monoisotopic (exact) mass is 265 g/mol. The number of ether oxygens (including phenoxy) is 1. The molecule has 1 unspecified atom stereocenters. The van der Waals surface area contributed by atoms with E-state index in [2.05, 4.69) is 4.74 Å². The minimum Gasteiger partial charge on any atom is -0.428 e. The van der Waals surface area contributed by atoms with Gasteiger partial charge in [0, 0.05) is 0 Å². The average molecular weight is 265 g/mol. The summed E-state index contributed by atoms with van der Waals surface area (Å²) in [6.07, 6.45) is -8.04. The fourth-order valence-corrected chi connectivity index (χ4v) is 1.05. The maximum atomic E-state index is 13.0. The molecule has 18 heavy (non-hydrogen) atoms. The van der Waals surface area contributed by atoms with Gasteiger partial charge >= 0.3 is 12.0 Å². The molecule has 0 spiro atoms. The highest BCUT2D eigenvalue weighted by Crippen LogP contribution is 2.39. The van der Waals surface area contributed by atoms with E-state index in [1.807, 2.05) is 0 Å². The van der Waals surface area contributed by atoms with Gasteiger partial charge in [-0.05, 0) is 31.2 Å². The van der Waals surface area contributed by atoms with Crippen LogP contribution in [0.15, 0.2) is 24.3 Å². The molecule has 2 nitrogen and oxygen atoms in total. The number of hydrogen-bond acceptors (Lipinski definition) is 2. The van der Waals surface area contributed by atoms with Crippen LogP contribution in [0.4, 0.5) is 22.0 Å². The van der Waals surface area contributed by atoms with Crippen LogP contribution >= 0.6 is 0 Å². The molecule has 0 saturated heterocycles. The third-order valence-electron chi connectivity index (χ3n) is 2.12. The van der Waals surface area contributed by atoms with Gasteiger partial charge in [0.25, 0.3) is 0 Å². The Hall–Kier alpha value is -1.84. The van der Waals surface area contributed by atoms with Gasteiger partial charge < -0.3 is 4.74 Å².